The number of halogens is 1. The van der Waals surface area contributed by atoms with Gasteiger partial charge in [0.15, 0.2) is 6.61 Å². The largest absolute Gasteiger partial charge is 0.451 e. The predicted octanol–water partition coefficient (Wildman–Crippen LogP) is 5.26. The Kier molecular flexibility index (Phi) is 6.60. The van der Waals surface area contributed by atoms with Crippen molar-refractivity contribution < 1.29 is 23.5 Å². The van der Waals surface area contributed by atoms with Crippen LogP contribution in [0.15, 0.2) is 47.4 Å². The number of hydrogen-bond donors (Lipinski definition) is 0. The van der Waals surface area contributed by atoms with Crippen molar-refractivity contribution in [3.63, 3.8) is 0 Å². The molecule has 0 fully saturated rings. The lowest BCUT2D eigenvalue weighted by atomic mass is 10.1. The number of para-hydroxylation sites is 1. The maximum absolute atomic E-state index is 14.4. The monoisotopic (exact) mass is 459 g/mol. The molecule has 1 atom stereocenters. The van der Waals surface area contributed by atoms with Gasteiger partial charge in [-0.2, -0.15) is 0 Å². The number of anilines is 1. The standard InChI is InChI=1S/C23H22FNO4S2/c1-14-10-11-25(17-7-3-4-8-18(17)30-14)20(26)13-29-23(27)22-15(12-28-2)21-16(24)6-5-9-19(21)31-22/h3-9,14H,10-13H2,1-2H3/t14-/m1/s1. The van der Waals surface area contributed by atoms with Crippen LogP contribution in [0.5, 0.6) is 0 Å². The minimum Gasteiger partial charge on any atom is -0.451 e. The highest BCUT2D eigenvalue weighted by atomic mass is 32.2. The molecule has 0 saturated heterocycles. The summed E-state index contributed by atoms with van der Waals surface area (Å²) in [5, 5.41) is 0.742. The van der Waals surface area contributed by atoms with Gasteiger partial charge in [-0.1, -0.05) is 25.1 Å². The van der Waals surface area contributed by atoms with E-state index in [1.807, 2.05) is 24.3 Å². The number of carbonyl (C=O) groups is 2. The number of methoxy groups -OCH3 is 1. The molecule has 3 aromatic rings. The van der Waals surface area contributed by atoms with Crippen molar-refractivity contribution in [1.82, 2.24) is 0 Å². The maximum atomic E-state index is 14.4. The molecule has 162 valence electrons. The van der Waals surface area contributed by atoms with Gasteiger partial charge in [-0.15, -0.1) is 23.1 Å². The van der Waals surface area contributed by atoms with Crippen molar-refractivity contribution in [2.24, 2.45) is 0 Å². The van der Waals surface area contributed by atoms with Crippen LogP contribution in [0.1, 0.15) is 28.6 Å². The van der Waals surface area contributed by atoms with Crippen molar-refractivity contribution in [3.05, 3.63) is 58.7 Å². The fourth-order valence-electron chi connectivity index (χ4n) is 3.63. The molecule has 1 aliphatic heterocycles. The number of thiophene rings is 1. The van der Waals surface area contributed by atoms with E-state index in [2.05, 4.69) is 6.92 Å². The molecule has 0 aliphatic carbocycles. The SMILES string of the molecule is COCc1c(C(=O)OCC(=O)N2CC[C@@H](C)Sc3ccccc32)sc2cccc(F)c12. The second-order valence-electron chi connectivity index (χ2n) is 7.26. The molecule has 4 rings (SSSR count). The van der Waals surface area contributed by atoms with Gasteiger partial charge in [-0.05, 0) is 30.7 Å². The average molecular weight is 460 g/mol. The summed E-state index contributed by atoms with van der Waals surface area (Å²) >= 11 is 2.88. The maximum Gasteiger partial charge on any atom is 0.349 e. The molecular weight excluding hydrogens is 437 g/mol. The van der Waals surface area contributed by atoms with Crippen LogP contribution in [0, 0.1) is 5.82 Å². The number of benzene rings is 2. The Bertz CT molecular complexity index is 1130. The Balaban J connectivity index is 1.54. The van der Waals surface area contributed by atoms with Crippen LogP contribution in [0.2, 0.25) is 0 Å². The van der Waals surface area contributed by atoms with E-state index in [1.165, 1.54) is 13.2 Å². The molecule has 0 N–H and O–H groups in total. The van der Waals surface area contributed by atoms with Gasteiger partial charge in [-0.25, -0.2) is 9.18 Å². The summed E-state index contributed by atoms with van der Waals surface area (Å²) in [5.74, 6) is -1.34. The normalized spacial score (nSPS) is 16.1. The van der Waals surface area contributed by atoms with Gasteiger partial charge >= 0.3 is 5.97 Å². The van der Waals surface area contributed by atoms with Gasteiger partial charge in [0.2, 0.25) is 0 Å². The summed E-state index contributed by atoms with van der Waals surface area (Å²) in [5.41, 5.74) is 1.28. The molecule has 5 nitrogen and oxygen atoms in total. The van der Waals surface area contributed by atoms with E-state index in [9.17, 15) is 14.0 Å². The fourth-order valence-corrected chi connectivity index (χ4v) is 5.86. The molecule has 8 heteroatoms. The summed E-state index contributed by atoms with van der Waals surface area (Å²) in [7, 11) is 1.48. The molecular formula is C23H22FNO4S2. The summed E-state index contributed by atoms with van der Waals surface area (Å²) < 4.78 is 25.5. The van der Waals surface area contributed by atoms with E-state index < -0.39 is 11.8 Å². The average Bonchev–Trinajstić information content (AvgIpc) is 3.04. The predicted molar refractivity (Wildman–Crippen MR) is 122 cm³/mol. The molecule has 1 aromatic heterocycles. The van der Waals surface area contributed by atoms with E-state index >= 15 is 0 Å². The fraction of sp³-hybridized carbons (Fsp3) is 0.304. The lowest BCUT2D eigenvalue weighted by Crippen LogP contribution is -2.35. The van der Waals surface area contributed by atoms with Gasteiger partial charge < -0.3 is 14.4 Å². The lowest BCUT2D eigenvalue weighted by molar-refractivity contribution is -0.121. The Morgan fingerprint density at radius 3 is 2.81 bits per heavy atom. The summed E-state index contributed by atoms with van der Waals surface area (Å²) in [4.78, 5) is 28.7. The Morgan fingerprint density at radius 1 is 1.19 bits per heavy atom. The summed E-state index contributed by atoms with van der Waals surface area (Å²) in [6.07, 6.45) is 0.840. The molecule has 0 radical (unpaired) electrons. The van der Waals surface area contributed by atoms with E-state index in [0.717, 1.165) is 28.3 Å². The van der Waals surface area contributed by atoms with Gasteiger partial charge in [0.1, 0.15) is 10.7 Å². The Morgan fingerprint density at radius 2 is 2.00 bits per heavy atom. The minimum absolute atomic E-state index is 0.0773. The highest BCUT2D eigenvalue weighted by molar-refractivity contribution is 8.00. The van der Waals surface area contributed by atoms with Gasteiger partial charge in [0.05, 0.1) is 12.3 Å². The van der Waals surface area contributed by atoms with Crippen LogP contribution >= 0.6 is 23.1 Å². The number of rotatable bonds is 5. The van der Waals surface area contributed by atoms with Crippen LogP contribution < -0.4 is 4.90 Å². The number of nitrogens with zero attached hydrogens (tertiary/aromatic N) is 1. The van der Waals surface area contributed by atoms with E-state index in [0.29, 0.717) is 27.4 Å². The molecule has 31 heavy (non-hydrogen) atoms. The highest BCUT2D eigenvalue weighted by Gasteiger charge is 2.26. The Labute approximate surface area is 188 Å². The van der Waals surface area contributed by atoms with Crippen LogP contribution in [-0.2, 0) is 20.9 Å². The first-order chi connectivity index (χ1) is 15.0. The van der Waals surface area contributed by atoms with Crippen LogP contribution in [0.4, 0.5) is 10.1 Å². The second-order valence-corrected chi connectivity index (χ2v) is 9.79. The molecule has 0 bridgehead atoms. The third-order valence-corrected chi connectivity index (χ3v) is 7.52. The number of hydrogen-bond acceptors (Lipinski definition) is 6. The lowest BCUT2D eigenvalue weighted by Gasteiger charge is -2.22. The molecule has 2 aromatic carbocycles. The molecule has 0 unspecified atom stereocenters. The zero-order valence-electron chi connectivity index (χ0n) is 17.2. The zero-order chi connectivity index (χ0) is 22.0. The number of fused-ring (bicyclic) bond motifs is 2. The van der Waals surface area contributed by atoms with E-state index in [1.54, 1.807) is 28.8 Å². The first kappa shape index (κ1) is 21.8. The molecule has 2 heterocycles. The van der Waals surface area contributed by atoms with Gasteiger partial charge in [0.25, 0.3) is 5.91 Å². The highest BCUT2D eigenvalue weighted by Crippen LogP contribution is 2.37. The number of ether oxygens (including phenoxy) is 2. The van der Waals surface area contributed by atoms with Crippen LogP contribution in [0.3, 0.4) is 0 Å². The molecule has 1 aliphatic rings. The summed E-state index contributed by atoms with van der Waals surface area (Å²) in [6, 6.07) is 12.4. The van der Waals surface area contributed by atoms with Crippen molar-refractivity contribution >= 4 is 50.7 Å². The van der Waals surface area contributed by atoms with Crippen LogP contribution in [-0.4, -0.2) is 37.4 Å². The first-order valence-corrected chi connectivity index (χ1v) is 11.6. The second kappa shape index (κ2) is 9.38. The topological polar surface area (TPSA) is 55.8 Å². The quantitative estimate of drug-likeness (QED) is 0.487. The van der Waals surface area contributed by atoms with E-state index in [-0.39, 0.29) is 24.0 Å². The smallest absolute Gasteiger partial charge is 0.349 e. The first-order valence-electron chi connectivity index (χ1n) is 9.91. The minimum atomic E-state index is -0.646. The number of amides is 1. The number of esters is 1. The van der Waals surface area contributed by atoms with Crippen LogP contribution in [0.25, 0.3) is 10.1 Å². The van der Waals surface area contributed by atoms with Crippen molar-refractivity contribution in [2.75, 3.05) is 25.2 Å². The van der Waals surface area contributed by atoms with Crippen molar-refractivity contribution in [3.8, 4) is 0 Å². The summed E-state index contributed by atoms with van der Waals surface area (Å²) in [6.45, 7) is 2.39. The van der Waals surface area contributed by atoms with Crippen molar-refractivity contribution in [2.45, 2.75) is 30.1 Å². The number of carbonyl (C=O) groups excluding carboxylic acids is 2. The zero-order valence-corrected chi connectivity index (χ0v) is 18.9. The molecule has 1 amide bonds. The van der Waals surface area contributed by atoms with E-state index in [4.69, 9.17) is 9.47 Å². The third-order valence-electron chi connectivity index (χ3n) is 5.11. The molecule has 0 spiro atoms. The Hall–Kier alpha value is -2.42. The number of thioether (sulfide) groups is 1. The van der Waals surface area contributed by atoms with Gasteiger partial charge in [0, 0.05) is 39.4 Å². The third kappa shape index (κ3) is 4.46. The molecule has 0 saturated carbocycles. The van der Waals surface area contributed by atoms with Gasteiger partial charge in [-0.3, -0.25) is 4.79 Å². The van der Waals surface area contributed by atoms with Crippen molar-refractivity contribution in [1.29, 1.82) is 0 Å².